The van der Waals surface area contributed by atoms with Gasteiger partial charge < -0.3 is 9.80 Å². The monoisotopic (exact) mass is 343 g/mol. The Kier molecular flexibility index (Phi) is 6.49. The number of nitrogens with zero attached hydrogens (tertiary/aromatic N) is 3. The molecule has 1 atom stereocenters. The lowest BCUT2D eigenvalue weighted by Gasteiger charge is -2.38. The maximum atomic E-state index is 12.6. The summed E-state index contributed by atoms with van der Waals surface area (Å²) in [4.78, 5) is 19.6. The molecule has 0 aromatic heterocycles. The van der Waals surface area contributed by atoms with Gasteiger partial charge in [0, 0.05) is 38.6 Å². The van der Waals surface area contributed by atoms with E-state index in [9.17, 15) is 4.79 Å². The first-order valence-corrected chi connectivity index (χ1v) is 9.92. The Morgan fingerprint density at radius 2 is 1.68 bits per heavy atom. The van der Waals surface area contributed by atoms with E-state index in [2.05, 4.69) is 59.0 Å². The average Bonchev–Trinajstić information content (AvgIpc) is 2.65. The van der Waals surface area contributed by atoms with Gasteiger partial charge in [0.25, 0.3) is 0 Å². The van der Waals surface area contributed by atoms with E-state index in [1.165, 1.54) is 5.56 Å². The van der Waals surface area contributed by atoms with E-state index in [0.29, 0.717) is 17.9 Å². The first-order valence-electron chi connectivity index (χ1n) is 9.92. The van der Waals surface area contributed by atoms with Gasteiger partial charge >= 0.3 is 0 Å². The lowest BCUT2D eigenvalue weighted by molar-refractivity contribution is -0.134. The van der Waals surface area contributed by atoms with Crippen molar-refractivity contribution in [2.45, 2.75) is 38.6 Å². The normalized spacial score (nSPS) is 22.1. The van der Waals surface area contributed by atoms with Crippen LogP contribution in [0.25, 0.3) is 0 Å². The quantitative estimate of drug-likeness (QED) is 0.822. The molecule has 0 N–H and O–H groups in total. The molecule has 0 unspecified atom stereocenters. The number of amides is 1. The van der Waals surface area contributed by atoms with Crippen LogP contribution < -0.4 is 0 Å². The minimum Gasteiger partial charge on any atom is -0.340 e. The van der Waals surface area contributed by atoms with Gasteiger partial charge in [-0.05, 0) is 50.9 Å². The lowest BCUT2D eigenvalue weighted by atomic mass is 9.90. The van der Waals surface area contributed by atoms with Crippen LogP contribution in [0, 0.1) is 5.92 Å². The summed E-state index contributed by atoms with van der Waals surface area (Å²) in [6.45, 7) is 8.35. The molecule has 2 saturated heterocycles. The third-order valence-corrected chi connectivity index (χ3v) is 5.98. The number of hydrogen-bond acceptors (Lipinski definition) is 3. The zero-order valence-electron chi connectivity index (χ0n) is 15.9. The Balaban J connectivity index is 1.47. The van der Waals surface area contributed by atoms with E-state index in [4.69, 9.17) is 0 Å². The Hall–Kier alpha value is -1.39. The van der Waals surface area contributed by atoms with Gasteiger partial charge in [0.2, 0.25) is 5.91 Å². The fraction of sp³-hybridized carbons (Fsp3) is 0.667. The number of rotatable bonds is 5. The molecule has 25 heavy (non-hydrogen) atoms. The van der Waals surface area contributed by atoms with Crippen molar-refractivity contribution in [2.24, 2.45) is 5.92 Å². The minimum atomic E-state index is 0.377. The van der Waals surface area contributed by atoms with Crippen molar-refractivity contribution in [1.82, 2.24) is 14.7 Å². The van der Waals surface area contributed by atoms with Crippen LogP contribution in [-0.2, 0) is 4.79 Å². The number of benzene rings is 1. The Morgan fingerprint density at radius 3 is 2.28 bits per heavy atom. The first kappa shape index (κ1) is 18.4. The topological polar surface area (TPSA) is 26.8 Å². The fourth-order valence-corrected chi connectivity index (χ4v) is 4.28. The summed E-state index contributed by atoms with van der Waals surface area (Å²) in [6.07, 6.45) is 4.21. The largest absolute Gasteiger partial charge is 0.340 e. The molecule has 0 aliphatic carbocycles. The van der Waals surface area contributed by atoms with Crippen LogP contribution in [0.15, 0.2) is 30.3 Å². The molecule has 1 aromatic carbocycles. The molecule has 4 nitrogen and oxygen atoms in total. The van der Waals surface area contributed by atoms with Gasteiger partial charge in [-0.1, -0.05) is 37.3 Å². The molecule has 2 aliphatic heterocycles. The fourth-order valence-electron chi connectivity index (χ4n) is 4.28. The molecule has 0 saturated carbocycles. The first-order chi connectivity index (χ1) is 12.2. The molecule has 3 rings (SSSR count). The number of piperidine rings is 1. The maximum absolute atomic E-state index is 12.6. The second-order valence-corrected chi connectivity index (χ2v) is 7.70. The van der Waals surface area contributed by atoms with Gasteiger partial charge in [0.15, 0.2) is 0 Å². The molecular formula is C21H33N3O. The highest BCUT2D eigenvalue weighted by atomic mass is 16.2. The Morgan fingerprint density at radius 1 is 1.04 bits per heavy atom. The second-order valence-electron chi connectivity index (χ2n) is 7.70. The summed E-state index contributed by atoms with van der Waals surface area (Å²) in [7, 11) is 2.13. The summed E-state index contributed by atoms with van der Waals surface area (Å²) in [5.74, 6) is 0.943. The van der Waals surface area contributed by atoms with Crippen molar-refractivity contribution in [3.05, 3.63) is 35.9 Å². The molecule has 0 radical (unpaired) electrons. The van der Waals surface area contributed by atoms with Crippen molar-refractivity contribution in [3.63, 3.8) is 0 Å². The summed E-state index contributed by atoms with van der Waals surface area (Å²) in [5.41, 5.74) is 1.43. The van der Waals surface area contributed by atoms with E-state index in [1.807, 2.05) is 0 Å². The van der Waals surface area contributed by atoms with Crippen molar-refractivity contribution >= 4 is 5.91 Å². The number of hydrogen-bond donors (Lipinski definition) is 0. The predicted octanol–water partition coefficient (Wildman–Crippen LogP) is 3.01. The highest BCUT2D eigenvalue weighted by molar-refractivity contribution is 5.76. The van der Waals surface area contributed by atoms with Gasteiger partial charge in [-0.15, -0.1) is 0 Å². The van der Waals surface area contributed by atoms with Gasteiger partial charge in [-0.2, -0.15) is 0 Å². The Bertz CT molecular complexity index is 531. The van der Waals surface area contributed by atoms with E-state index >= 15 is 0 Å². The summed E-state index contributed by atoms with van der Waals surface area (Å²) < 4.78 is 0. The van der Waals surface area contributed by atoms with Crippen molar-refractivity contribution < 1.29 is 4.79 Å². The zero-order valence-corrected chi connectivity index (χ0v) is 15.9. The molecule has 0 bridgehead atoms. The van der Waals surface area contributed by atoms with Gasteiger partial charge in [-0.3, -0.25) is 9.69 Å². The molecule has 4 heteroatoms. The molecule has 1 amide bonds. The van der Waals surface area contributed by atoms with Gasteiger partial charge in [0.1, 0.15) is 0 Å². The summed E-state index contributed by atoms with van der Waals surface area (Å²) in [6, 6.07) is 11.4. The summed E-state index contributed by atoms with van der Waals surface area (Å²) in [5, 5.41) is 0. The molecule has 2 aliphatic rings. The van der Waals surface area contributed by atoms with Gasteiger partial charge in [-0.25, -0.2) is 0 Å². The zero-order chi connectivity index (χ0) is 17.6. The van der Waals surface area contributed by atoms with E-state index in [0.717, 1.165) is 65.0 Å². The van der Waals surface area contributed by atoms with Crippen LogP contribution >= 0.6 is 0 Å². The molecule has 2 heterocycles. The van der Waals surface area contributed by atoms with Crippen molar-refractivity contribution in [2.75, 3.05) is 46.3 Å². The van der Waals surface area contributed by atoms with Crippen LogP contribution in [0.3, 0.4) is 0 Å². The molecule has 1 aromatic rings. The van der Waals surface area contributed by atoms with Crippen molar-refractivity contribution in [3.8, 4) is 0 Å². The molecule has 2 fully saturated rings. The number of likely N-dealkylation sites (tertiary alicyclic amines) is 1. The van der Waals surface area contributed by atoms with Crippen LogP contribution in [0.2, 0.25) is 0 Å². The Labute approximate surface area is 152 Å². The lowest BCUT2D eigenvalue weighted by Crippen LogP contribution is -2.48. The minimum absolute atomic E-state index is 0.377. The summed E-state index contributed by atoms with van der Waals surface area (Å²) >= 11 is 0. The number of likely N-dealkylation sites (N-methyl/N-ethyl adjacent to an activating group) is 1. The number of piperazine rings is 1. The third-order valence-electron chi connectivity index (χ3n) is 5.98. The smallest absolute Gasteiger partial charge is 0.222 e. The van der Waals surface area contributed by atoms with Crippen LogP contribution in [0.1, 0.15) is 44.2 Å². The standard InChI is InChI=1S/C21H33N3O/c1-3-20(19-7-5-4-6-8-19)23-11-9-18(10-12-23)17-21(25)24-15-13-22(2)14-16-24/h4-8,18,20H,3,9-17H2,1-2H3/t20-/m1/s1. The SMILES string of the molecule is CC[C@H](c1ccccc1)N1CCC(CC(=O)N2CCN(C)CC2)CC1. The van der Waals surface area contributed by atoms with Gasteiger partial charge in [0.05, 0.1) is 0 Å². The highest BCUT2D eigenvalue weighted by Gasteiger charge is 2.28. The van der Waals surface area contributed by atoms with E-state index in [-0.39, 0.29) is 0 Å². The average molecular weight is 344 g/mol. The van der Waals surface area contributed by atoms with Crippen molar-refractivity contribution in [1.29, 1.82) is 0 Å². The van der Waals surface area contributed by atoms with E-state index < -0.39 is 0 Å². The second kappa shape index (κ2) is 8.81. The number of carbonyl (C=O) groups is 1. The third kappa shape index (κ3) is 4.83. The van der Waals surface area contributed by atoms with Crippen LogP contribution in [-0.4, -0.2) is 66.9 Å². The predicted molar refractivity (Wildman–Crippen MR) is 102 cm³/mol. The van der Waals surface area contributed by atoms with Crippen LogP contribution in [0.5, 0.6) is 0 Å². The van der Waals surface area contributed by atoms with E-state index in [1.54, 1.807) is 0 Å². The van der Waals surface area contributed by atoms with Crippen LogP contribution in [0.4, 0.5) is 0 Å². The molecule has 138 valence electrons. The maximum Gasteiger partial charge on any atom is 0.222 e. The number of carbonyl (C=O) groups excluding carboxylic acids is 1. The molecular weight excluding hydrogens is 310 g/mol. The molecule has 0 spiro atoms. The highest BCUT2D eigenvalue weighted by Crippen LogP contribution is 2.30.